The largest absolute Gasteiger partial charge is 0.492 e. The number of fused-ring (bicyclic) bond motifs is 2. The van der Waals surface area contributed by atoms with Crippen LogP contribution >= 0.6 is 0 Å². The molecule has 0 spiro atoms. The summed E-state index contributed by atoms with van der Waals surface area (Å²) in [4.78, 5) is 36.5. The third-order valence-electron chi connectivity index (χ3n) is 7.22. The van der Waals surface area contributed by atoms with Crippen molar-refractivity contribution in [2.24, 2.45) is 0 Å². The number of pyridine rings is 1. The van der Waals surface area contributed by atoms with Crippen molar-refractivity contribution in [2.75, 3.05) is 48.9 Å². The second-order valence-electron chi connectivity index (χ2n) is 10.3. The summed E-state index contributed by atoms with van der Waals surface area (Å²) in [7, 11) is 3.70. The van der Waals surface area contributed by atoms with Crippen molar-refractivity contribution in [2.45, 2.75) is 39.3 Å². The second-order valence-corrected chi connectivity index (χ2v) is 10.3. The van der Waals surface area contributed by atoms with Gasteiger partial charge in [0.05, 0.1) is 41.1 Å². The summed E-state index contributed by atoms with van der Waals surface area (Å²) in [5.74, 6) is 1.11. The lowest BCUT2D eigenvalue weighted by Crippen LogP contribution is -2.38. The Hall–Kier alpha value is -4.11. The monoisotopic (exact) mass is 528 g/mol. The number of benzene rings is 2. The quantitative estimate of drug-likeness (QED) is 0.456. The van der Waals surface area contributed by atoms with E-state index < -0.39 is 0 Å². The van der Waals surface area contributed by atoms with Gasteiger partial charge in [-0.2, -0.15) is 0 Å². The van der Waals surface area contributed by atoms with Crippen LogP contribution in [0.15, 0.2) is 54.7 Å². The molecule has 3 aromatic rings. The van der Waals surface area contributed by atoms with E-state index >= 15 is 0 Å². The number of para-hydroxylation sites is 1. The molecule has 1 aromatic heterocycles. The van der Waals surface area contributed by atoms with Crippen LogP contribution in [0, 0.1) is 0 Å². The Balaban J connectivity index is 1.40. The summed E-state index contributed by atoms with van der Waals surface area (Å²) in [5.41, 5.74) is 4.33. The summed E-state index contributed by atoms with van der Waals surface area (Å²) in [6.45, 7) is 8.06. The van der Waals surface area contributed by atoms with Crippen molar-refractivity contribution >= 4 is 40.4 Å². The molecule has 2 amide bonds. The number of nitrogens with one attached hydrogen (secondary N) is 2. The Bertz CT molecular complexity index is 1390. The Labute approximate surface area is 229 Å². The molecule has 204 valence electrons. The summed E-state index contributed by atoms with van der Waals surface area (Å²) < 4.78 is 5.93. The first-order valence-electron chi connectivity index (χ1n) is 13.5. The van der Waals surface area contributed by atoms with Gasteiger partial charge in [0.1, 0.15) is 11.6 Å². The number of hydrogen-bond acceptors (Lipinski definition) is 7. The molecule has 1 saturated heterocycles. The molecule has 2 N–H and O–H groups in total. The van der Waals surface area contributed by atoms with E-state index in [0.717, 1.165) is 24.3 Å². The third-order valence-corrected chi connectivity index (χ3v) is 7.22. The number of carbonyl (C=O) groups excluding carboxylic acids is 2. The lowest BCUT2D eigenvalue weighted by atomic mass is 10.1. The molecule has 0 unspecified atom stereocenters. The lowest BCUT2D eigenvalue weighted by molar-refractivity contribution is 0.0788. The van der Waals surface area contributed by atoms with Crippen LogP contribution in [0.2, 0.25) is 0 Å². The van der Waals surface area contributed by atoms with Gasteiger partial charge >= 0.3 is 0 Å². The molecule has 2 aromatic carbocycles. The minimum absolute atomic E-state index is 0.00621. The van der Waals surface area contributed by atoms with E-state index in [2.05, 4.69) is 29.5 Å². The van der Waals surface area contributed by atoms with Crippen LogP contribution in [0.5, 0.6) is 5.75 Å². The highest BCUT2D eigenvalue weighted by Gasteiger charge is 2.29. The number of aromatic nitrogens is 1. The topological polar surface area (TPSA) is 90.0 Å². The van der Waals surface area contributed by atoms with Gasteiger partial charge in [-0.3, -0.25) is 9.59 Å². The fraction of sp³-hybridized carbons (Fsp3) is 0.367. The number of rotatable bonds is 7. The molecule has 1 atom stereocenters. The molecule has 0 aliphatic carbocycles. The molecule has 9 heteroatoms. The summed E-state index contributed by atoms with van der Waals surface area (Å²) in [5, 5.41) is 6.89. The average molecular weight is 529 g/mol. The Morgan fingerprint density at radius 2 is 1.87 bits per heavy atom. The maximum absolute atomic E-state index is 13.3. The maximum atomic E-state index is 13.3. The molecule has 2 aliphatic heterocycles. The second kappa shape index (κ2) is 10.9. The molecular formula is C30H36N6O3. The van der Waals surface area contributed by atoms with Crippen molar-refractivity contribution in [1.82, 2.24) is 15.2 Å². The van der Waals surface area contributed by atoms with Crippen molar-refractivity contribution in [3.63, 3.8) is 0 Å². The van der Waals surface area contributed by atoms with E-state index in [-0.39, 0.29) is 11.8 Å². The zero-order chi connectivity index (χ0) is 27.7. The summed E-state index contributed by atoms with van der Waals surface area (Å²) >= 11 is 0. The molecule has 1 fully saturated rings. The highest BCUT2D eigenvalue weighted by Crippen LogP contribution is 2.40. The Morgan fingerprint density at radius 1 is 1.08 bits per heavy atom. The molecule has 0 bridgehead atoms. The van der Waals surface area contributed by atoms with Gasteiger partial charge in [-0.05, 0) is 43.7 Å². The van der Waals surface area contributed by atoms with Gasteiger partial charge in [0.25, 0.3) is 11.8 Å². The minimum Gasteiger partial charge on any atom is -0.492 e. The van der Waals surface area contributed by atoms with Crippen LogP contribution < -0.4 is 25.2 Å². The fourth-order valence-corrected chi connectivity index (χ4v) is 5.31. The first-order chi connectivity index (χ1) is 18.8. The predicted molar refractivity (Wildman–Crippen MR) is 155 cm³/mol. The standard InChI is InChI=1S/C30H36N6O3/c1-6-39-27-15-20(29(37)36-14-13-21(18-36)32-19(2)3)11-12-23(27)33-28-16-25-26(17-31-28)35(5)30(38)22-9-7-8-10-24(22)34(25)4/h7-12,15-17,19,21,32H,6,13-14,18H2,1-5H3,(H,31,33)/t21-/m1/s1. The zero-order valence-electron chi connectivity index (χ0n) is 23.2. The number of likely N-dealkylation sites (tertiary alicyclic amines) is 1. The molecule has 0 saturated carbocycles. The van der Waals surface area contributed by atoms with E-state index in [1.165, 1.54) is 0 Å². The highest BCUT2D eigenvalue weighted by atomic mass is 16.5. The number of anilines is 5. The fourth-order valence-electron chi connectivity index (χ4n) is 5.31. The van der Waals surface area contributed by atoms with E-state index in [4.69, 9.17) is 4.74 Å². The van der Waals surface area contributed by atoms with Crippen LogP contribution in [0.3, 0.4) is 0 Å². The van der Waals surface area contributed by atoms with Crippen LogP contribution in [0.4, 0.5) is 28.6 Å². The smallest absolute Gasteiger partial charge is 0.260 e. The van der Waals surface area contributed by atoms with Crippen LogP contribution in [0.1, 0.15) is 47.9 Å². The molecule has 39 heavy (non-hydrogen) atoms. The SMILES string of the molecule is CCOc1cc(C(=O)N2CC[C@@H](NC(C)C)C2)ccc1Nc1cc2c(cn1)N(C)C(=O)c1ccccc1N2C. The van der Waals surface area contributed by atoms with Gasteiger partial charge < -0.3 is 30.1 Å². The van der Waals surface area contributed by atoms with Crippen molar-refractivity contribution in [3.8, 4) is 5.75 Å². The van der Waals surface area contributed by atoms with Gasteiger partial charge in [-0.1, -0.05) is 26.0 Å². The third kappa shape index (κ3) is 5.27. The number of ether oxygens (including phenoxy) is 1. The molecular weight excluding hydrogens is 492 g/mol. The van der Waals surface area contributed by atoms with Gasteiger partial charge in [-0.25, -0.2) is 4.98 Å². The average Bonchev–Trinajstić information content (AvgIpc) is 3.37. The number of carbonyl (C=O) groups is 2. The molecule has 3 heterocycles. The van der Waals surface area contributed by atoms with Crippen LogP contribution in [-0.2, 0) is 0 Å². The normalized spacial score (nSPS) is 16.7. The summed E-state index contributed by atoms with van der Waals surface area (Å²) in [6, 6.07) is 15.7. The van der Waals surface area contributed by atoms with Gasteiger partial charge in [-0.15, -0.1) is 0 Å². The lowest BCUT2D eigenvalue weighted by Gasteiger charge is -2.23. The minimum atomic E-state index is -0.0816. The Kier molecular flexibility index (Phi) is 7.43. The Morgan fingerprint density at radius 3 is 2.64 bits per heavy atom. The number of hydrogen-bond donors (Lipinski definition) is 2. The van der Waals surface area contributed by atoms with Crippen molar-refractivity contribution in [1.29, 1.82) is 0 Å². The summed E-state index contributed by atoms with van der Waals surface area (Å²) in [6.07, 6.45) is 2.65. The van der Waals surface area contributed by atoms with E-state index in [1.54, 1.807) is 24.2 Å². The van der Waals surface area contributed by atoms with Crippen LogP contribution in [-0.4, -0.2) is 67.6 Å². The molecule has 2 aliphatic rings. The van der Waals surface area contributed by atoms with E-state index in [0.29, 0.717) is 59.3 Å². The first-order valence-corrected chi connectivity index (χ1v) is 13.5. The molecule has 9 nitrogen and oxygen atoms in total. The first kappa shape index (κ1) is 26.5. The van der Waals surface area contributed by atoms with E-state index in [1.807, 2.05) is 66.2 Å². The molecule has 5 rings (SSSR count). The highest BCUT2D eigenvalue weighted by molar-refractivity contribution is 6.13. The van der Waals surface area contributed by atoms with Crippen LogP contribution in [0.25, 0.3) is 0 Å². The van der Waals surface area contributed by atoms with Gasteiger partial charge in [0.2, 0.25) is 0 Å². The maximum Gasteiger partial charge on any atom is 0.260 e. The predicted octanol–water partition coefficient (Wildman–Crippen LogP) is 4.79. The van der Waals surface area contributed by atoms with Gasteiger partial charge in [0.15, 0.2) is 0 Å². The van der Waals surface area contributed by atoms with Crippen molar-refractivity contribution < 1.29 is 14.3 Å². The van der Waals surface area contributed by atoms with Crippen molar-refractivity contribution in [3.05, 3.63) is 65.9 Å². The van der Waals surface area contributed by atoms with E-state index in [9.17, 15) is 9.59 Å². The van der Waals surface area contributed by atoms with Gasteiger partial charge in [0, 0.05) is 50.9 Å². The zero-order valence-corrected chi connectivity index (χ0v) is 23.2. The number of nitrogens with zero attached hydrogens (tertiary/aromatic N) is 4. The number of amides is 2. The molecule has 0 radical (unpaired) electrons.